The first-order valence-electron chi connectivity index (χ1n) is 10.8. The maximum Gasteiger partial charge on any atom is 0.351 e. The number of hydrogen-bond donors (Lipinski definition) is 0. The van der Waals surface area contributed by atoms with Crippen LogP contribution in [0.1, 0.15) is 46.8 Å². The predicted octanol–water partition coefficient (Wildman–Crippen LogP) is 5.45. The third-order valence-electron chi connectivity index (χ3n) is 5.55. The maximum atomic E-state index is 12.4. The molecule has 0 aliphatic rings. The standard InChI is InChI=1S/C26H26ClN3O3/c1-5-22-23(30-25(28-22)16(2)14-17(3)29-30)15-18-10-12-19(13-11-18)33-24(26(31)32-4)20-8-6-7-9-21(20)27/h6-14,24H,5,15H2,1-4H3. The summed E-state index contributed by atoms with van der Waals surface area (Å²) in [4.78, 5) is 17.2. The van der Waals surface area contributed by atoms with E-state index in [1.807, 2.05) is 41.8 Å². The number of aromatic nitrogens is 3. The zero-order valence-electron chi connectivity index (χ0n) is 19.1. The summed E-state index contributed by atoms with van der Waals surface area (Å²) in [5.74, 6) is 0.0371. The second-order valence-electron chi connectivity index (χ2n) is 7.93. The van der Waals surface area contributed by atoms with Gasteiger partial charge >= 0.3 is 5.97 Å². The number of fused-ring (bicyclic) bond motifs is 1. The van der Waals surface area contributed by atoms with Crippen molar-refractivity contribution in [2.45, 2.75) is 39.7 Å². The summed E-state index contributed by atoms with van der Waals surface area (Å²) in [6.45, 7) is 6.15. The highest BCUT2D eigenvalue weighted by Crippen LogP contribution is 2.29. The van der Waals surface area contributed by atoms with Crippen LogP contribution in [0.2, 0.25) is 5.02 Å². The average Bonchev–Trinajstić information content (AvgIpc) is 3.16. The number of rotatable bonds is 7. The van der Waals surface area contributed by atoms with Gasteiger partial charge in [-0.25, -0.2) is 14.3 Å². The molecule has 0 spiro atoms. The van der Waals surface area contributed by atoms with Crippen molar-refractivity contribution >= 4 is 23.2 Å². The summed E-state index contributed by atoms with van der Waals surface area (Å²) < 4.78 is 12.9. The molecule has 33 heavy (non-hydrogen) atoms. The molecule has 0 saturated heterocycles. The quantitative estimate of drug-likeness (QED) is 0.341. The molecule has 0 aliphatic heterocycles. The molecule has 0 aliphatic carbocycles. The zero-order chi connectivity index (χ0) is 23.5. The van der Waals surface area contributed by atoms with E-state index < -0.39 is 12.1 Å². The van der Waals surface area contributed by atoms with Crippen molar-refractivity contribution in [3.63, 3.8) is 0 Å². The van der Waals surface area contributed by atoms with E-state index in [4.69, 9.17) is 31.2 Å². The molecular weight excluding hydrogens is 438 g/mol. The number of methoxy groups -OCH3 is 1. The Hall–Kier alpha value is -3.38. The third kappa shape index (κ3) is 4.71. The lowest BCUT2D eigenvalue weighted by Gasteiger charge is -2.18. The van der Waals surface area contributed by atoms with Crippen LogP contribution in [0, 0.1) is 13.8 Å². The summed E-state index contributed by atoms with van der Waals surface area (Å²) in [6, 6.07) is 16.8. The van der Waals surface area contributed by atoms with Crippen molar-refractivity contribution in [3.8, 4) is 5.75 Å². The highest BCUT2D eigenvalue weighted by molar-refractivity contribution is 6.31. The van der Waals surface area contributed by atoms with Crippen LogP contribution >= 0.6 is 11.6 Å². The number of nitrogens with zero attached hydrogens (tertiary/aromatic N) is 3. The van der Waals surface area contributed by atoms with Crippen LogP contribution in [0.4, 0.5) is 0 Å². The van der Waals surface area contributed by atoms with Gasteiger partial charge in [0.15, 0.2) is 5.65 Å². The van der Waals surface area contributed by atoms with Gasteiger partial charge in [0.05, 0.1) is 24.2 Å². The monoisotopic (exact) mass is 463 g/mol. The fraction of sp³-hybridized carbons (Fsp3) is 0.269. The number of benzene rings is 2. The molecule has 0 amide bonds. The Bertz CT molecular complexity index is 1300. The minimum absolute atomic E-state index is 0.447. The van der Waals surface area contributed by atoms with Crippen LogP contribution in [-0.2, 0) is 22.4 Å². The SMILES string of the molecule is CCc1nc2c(C)cc(C)nn2c1Cc1ccc(OC(C(=O)OC)c2ccccc2Cl)cc1. The van der Waals surface area contributed by atoms with Crippen molar-refractivity contribution in [1.29, 1.82) is 0 Å². The van der Waals surface area contributed by atoms with Crippen molar-refractivity contribution in [2.75, 3.05) is 7.11 Å². The lowest BCUT2D eigenvalue weighted by Crippen LogP contribution is -2.20. The normalized spacial score (nSPS) is 12.0. The van der Waals surface area contributed by atoms with Gasteiger partial charge in [0.1, 0.15) is 5.75 Å². The van der Waals surface area contributed by atoms with Gasteiger partial charge in [-0.2, -0.15) is 5.10 Å². The van der Waals surface area contributed by atoms with Crippen LogP contribution in [0.3, 0.4) is 0 Å². The van der Waals surface area contributed by atoms with E-state index in [1.54, 1.807) is 18.2 Å². The fourth-order valence-corrected chi connectivity index (χ4v) is 4.16. The van der Waals surface area contributed by atoms with Gasteiger partial charge in [0.2, 0.25) is 6.10 Å². The lowest BCUT2D eigenvalue weighted by atomic mass is 10.1. The predicted molar refractivity (Wildman–Crippen MR) is 128 cm³/mol. The summed E-state index contributed by atoms with van der Waals surface area (Å²) in [5.41, 5.74) is 6.74. The highest BCUT2D eigenvalue weighted by atomic mass is 35.5. The maximum absolute atomic E-state index is 12.4. The average molecular weight is 464 g/mol. The van der Waals surface area contributed by atoms with E-state index in [0.29, 0.717) is 22.8 Å². The van der Waals surface area contributed by atoms with Crippen LogP contribution < -0.4 is 4.74 Å². The lowest BCUT2D eigenvalue weighted by molar-refractivity contribution is -0.149. The van der Waals surface area contributed by atoms with E-state index in [0.717, 1.165) is 40.3 Å². The molecule has 2 aromatic heterocycles. The zero-order valence-corrected chi connectivity index (χ0v) is 19.9. The molecule has 1 atom stereocenters. The fourth-order valence-electron chi connectivity index (χ4n) is 3.93. The first-order chi connectivity index (χ1) is 15.9. The van der Waals surface area contributed by atoms with Gasteiger partial charge in [-0.1, -0.05) is 48.9 Å². The van der Waals surface area contributed by atoms with E-state index in [9.17, 15) is 4.79 Å². The Kier molecular flexibility index (Phi) is 6.65. The number of carbonyl (C=O) groups excluding carboxylic acids is 1. The molecule has 4 rings (SSSR count). The highest BCUT2D eigenvalue weighted by Gasteiger charge is 2.26. The van der Waals surface area contributed by atoms with Crippen LogP contribution in [0.5, 0.6) is 5.75 Å². The van der Waals surface area contributed by atoms with Crippen LogP contribution in [0.25, 0.3) is 5.65 Å². The van der Waals surface area contributed by atoms with Gasteiger partial charge in [-0.05, 0) is 55.7 Å². The Morgan fingerprint density at radius 3 is 2.52 bits per heavy atom. The minimum atomic E-state index is -0.949. The van der Waals surface area contributed by atoms with E-state index in [-0.39, 0.29) is 0 Å². The van der Waals surface area contributed by atoms with Crippen molar-refractivity contribution in [2.24, 2.45) is 0 Å². The van der Waals surface area contributed by atoms with Crippen molar-refractivity contribution < 1.29 is 14.3 Å². The van der Waals surface area contributed by atoms with Crippen molar-refractivity contribution in [1.82, 2.24) is 14.6 Å². The molecule has 2 heterocycles. The van der Waals surface area contributed by atoms with Crippen molar-refractivity contribution in [3.05, 3.63) is 93.4 Å². The van der Waals surface area contributed by atoms with Crippen LogP contribution in [-0.4, -0.2) is 27.7 Å². The number of esters is 1. The molecule has 2 aromatic carbocycles. The number of aryl methyl sites for hydroxylation is 3. The molecule has 0 saturated carbocycles. The van der Waals surface area contributed by atoms with E-state index in [2.05, 4.69) is 19.9 Å². The molecule has 170 valence electrons. The molecule has 0 bridgehead atoms. The van der Waals surface area contributed by atoms with Gasteiger partial charge < -0.3 is 9.47 Å². The Balaban J connectivity index is 1.60. The molecular formula is C26H26ClN3O3. The molecule has 0 N–H and O–H groups in total. The first kappa shape index (κ1) is 22.8. The van der Waals surface area contributed by atoms with Gasteiger partial charge in [0, 0.05) is 17.0 Å². The topological polar surface area (TPSA) is 65.7 Å². The number of ether oxygens (including phenoxy) is 2. The third-order valence-corrected chi connectivity index (χ3v) is 5.90. The number of carbonyl (C=O) groups is 1. The molecule has 4 aromatic rings. The van der Waals surface area contributed by atoms with Gasteiger partial charge in [0.25, 0.3) is 0 Å². The second kappa shape index (κ2) is 9.63. The Morgan fingerprint density at radius 2 is 1.85 bits per heavy atom. The summed E-state index contributed by atoms with van der Waals surface area (Å²) in [7, 11) is 1.33. The molecule has 6 nitrogen and oxygen atoms in total. The first-order valence-corrected chi connectivity index (χ1v) is 11.2. The minimum Gasteiger partial charge on any atom is -0.474 e. The molecule has 0 fully saturated rings. The number of imidazole rings is 1. The number of hydrogen-bond acceptors (Lipinski definition) is 5. The number of halogens is 1. The molecule has 7 heteroatoms. The van der Waals surface area contributed by atoms with Gasteiger partial charge in [-0.15, -0.1) is 0 Å². The molecule has 0 radical (unpaired) electrons. The summed E-state index contributed by atoms with van der Waals surface area (Å²) in [5, 5.41) is 5.14. The second-order valence-corrected chi connectivity index (χ2v) is 8.33. The largest absolute Gasteiger partial charge is 0.474 e. The Morgan fingerprint density at radius 1 is 1.12 bits per heavy atom. The summed E-state index contributed by atoms with van der Waals surface area (Å²) in [6.07, 6.45) is 0.567. The summed E-state index contributed by atoms with van der Waals surface area (Å²) >= 11 is 6.29. The smallest absolute Gasteiger partial charge is 0.351 e. The van der Waals surface area contributed by atoms with Gasteiger partial charge in [-0.3, -0.25) is 0 Å². The Labute approximate surface area is 198 Å². The van der Waals surface area contributed by atoms with E-state index in [1.165, 1.54) is 7.11 Å². The van der Waals surface area contributed by atoms with E-state index >= 15 is 0 Å². The molecule has 1 unspecified atom stereocenters. The van der Waals surface area contributed by atoms with Crippen LogP contribution in [0.15, 0.2) is 54.6 Å².